The Morgan fingerprint density at radius 1 is 0.594 bits per heavy atom. The van der Waals surface area contributed by atoms with Gasteiger partial charge in [-0.05, 0) is 51.0 Å². The number of piperazine rings is 2. The quantitative estimate of drug-likeness (QED) is 0.721. The van der Waals surface area contributed by atoms with E-state index in [-0.39, 0.29) is 0 Å². The topological polar surface area (TPSA) is 19.4 Å². The van der Waals surface area contributed by atoms with E-state index in [0.717, 1.165) is 39.8 Å². The molecule has 2 aromatic carbocycles. The lowest BCUT2D eigenvalue weighted by atomic mass is 9.99. The summed E-state index contributed by atoms with van der Waals surface area (Å²) in [6.07, 6.45) is 0.934. The monoisotopic (exact) mass is 432 g/mol. The molecule has 0 aliphatic carbocycles. The van der Waals surface area contributed by atoms with Crippen molar-refractivity contribution in [2.75, 3.05) is 49.6 Å². The Morgan fingerprint density at radius 2 is 1.00 bits per heavy atom. The highest BCUT2D eigenvalue weighted by atomic mass is 15.7. The third-order valence-corrected chi connectivity index (χ3v) is 8.11. The van der Waals surface area contributed by atoms with Gasteiger partial charge in [-0.3, -0.25) is 19.6 Å². The fourth-order valence-electron chi connectivity index (χ4n) is 6.56. The van der Waals surface area contributed by atoms with Gasteiger partial charge in [-0.1, -0.05) is 36.4 Å². The summed E-state index contributed by atoms with van der Waals surface area (Å²) in [6.45, 7) is 15.6. The average molecular weight is 433 g/mol. The first-order chi connectivity index (χ1) is 15.5. The van der Waals surface area contributed by atoms with E-state index in [0.29, 0.717) is 24.4 Å². The Hall–Kier alpha value is -2.12. The van der Waals surface area contributed by atoms with E-state index >= 15 is 0 Å². The minimum Gasteiger partial charge on any atom is -0.345 e. The van der Waals surface area contributed by atoms with Gasteiger partial charge in [0.1, 0.15) is 0 Å². The van der Waals surface area contributed by atoms with Crippen molar-refractivity contribution < 1.29 is 0 Å². The maximum absolute atomic E-state index is 2.76. The van der Waals surface area contributed by atoms with Crippen LogP contribution in [0.3, 0.4) is 0 Å². The van der Waals surface area contributed by atoms with Gasteiger partial charge in [0, 0.05) is 36.5 Å². The Bertz CT molecular complexity index is 914. The Balaban J connectivity index is 1.31. The summed E-state index contributed by atoms with van der Waals surface area (Å²) in [5, 5.41) is 0. The minimum absolute atomic E-state index is 0.467. The second kappa shape index (κ2) is 7.73. The SMILES string of the molecule is Cc1ccccc1N1CN2CC(C)N3CN(c4ccccc4C)CN4CC(C)N(C1)C2C43. The van der Waals surface area contributed by atoms with E-state index in [9.17, 15) is 0 Å². The summed E-state index contributed by atoms with van der Waals surface area (Å²) >= 11 is 0. The molecule has 4 heterocycles. The second-order valence-electron chi connectivity index (χ2n) is 10.3. The summed E-state index contributed by atoms with van der Waals surface area (Å²) in [5.41, 5.74) is 5.50. The molecule has 0 radical (unpaired) electrons. The zero-order valence-electron chi connectivity index (χ0n) is 19.9. The van der Waals surface area contributed by atoms with Gasteiger partial charge in [-0.15, -0.1) is 0 Å². The highest BCUT2D eigenvalue weighted by molar-refractivity contribution is 5.54. The number of rotatable bonds is 2. The van der Waals surface area contributed by atoms with Crippen LogP contribution in [0.2, 0.25) is 0 Å². The van der Waals surface area contributed by atoms with Gasteiger partial charge in [-0.25, -0.2) is 0 Å². The second-order valence-corrected chi connectivity index (χ2v) is 10.3. The van der Waals surface area contributed by atoms with Gasteiger partial charge in [0.05, 0.1) is 39.0 Å². The fourth-order valence-corrected chi connectivity index (χ4v) is 6.56. The zero-order chi connectivity index (χ0) is 22.0. The molecule has 4 fully saturated rings. The molecular formula is C26H36N6. The van der Waals surface area contributed by atoms with Crippen molar-refractivity contribution in [3.8, 4) is 0 Å². The molecule has 0 saturated carbocycles. The summed E-state index contributed by atoms with van der Waals surface area (Å²) in [4.78, 5) is 16.2. The molecule has 4 aliphatic heterocycles. The Morgan fingerprint density at radius 3 is 1.41 bits per heavy atom. The Labute approximate surface area is 192 Å². The highest BCUT2D eigenvalue weighted by Gasteiger charge is 2.54. The molecule has 170 valence electrons. The molecule has 6 rings (SSSR count). The van der Waals surface area contributed by atoms with Crippen LogP contribution in [0.1, 0.15) is 25.0 Å². The minimum atomic E-state index is 0.467. The number of aryl methyl sites for hydroxylation is 2. The van der Waals surface area contributed by atoms with Gasteiger partial charge in [-0.2, -0.15) is 0 Å². The highest BCUT2D eigenvalue weighted by Crippen LogP contribution is 2.39. The summed E-state index contributed by atoms with van der Waals surface area (Å²) in [6, 6.07) is 18.8. The van der Waals surface area contributed by atoms with Crippen LogP contribution >= 0.6 is 0 Å². The molecule has 4 atom stereocenters. The lowest BCUT2D eigenvalue weighted by Gasteiger charge is -2.67. The van der Waals surface area contributed by atoms with Crippen molar-refractivity contribution in [2.24, 2.45) is 0 Å². The summed E-state index contributed by atoms with van der Waals surface area (Å²) in [7, 11) is 0. The molecule has 0 aromatic heterocycles. The molecule has 4 saturated heterocycles. The van der Waals surface area contributed by atoms with Crippen LogP contribution in [-0.2, 0) is 0 Å². The lowest BCUT2D eigenvalue weighted by molar-refractivity contribution is -0.207. The molecule has 0 N–H and O–H groups in total. The van der Waals surface area contributed by atoms with Crippen molar-refractivity contribution in [3.05, 3.63) is 59.7 Å². The number of para-hydroxylation sites is 2. The number of nitrogens with zero attached hydrogens (tertiary/aromatic N) is 6. The van der Waals surface area contributed by atoms with Crippen LogP contribution in [0, 0.1) is 13.8 Å². The molecule has 0 amide bonds. The predicted octanol–water partition coefficient (Wildman–Crippen LogP) is 3.14. The summed E-state index contributed by atoms with van der Waals surface area (Å²) < 4.78 is 0. The van der Waals surface area contributed by atoms with Gasteiger partial charge >= 0.3 is 0 Å². The molecular weight excluding hydrogens is 396 g/mol. The predicted molar refractivity (Wildman–Crippen MR) is 130 cm³/mol. The van der Waals surface area contributed by atoms with Crippen molar-refractivity contribution in [1.82, 2.24) is 19.6 Å². The van der Waals surface area contributed by atoms with E-state index in [2.05, 4.69) is 106 Å². The number of benzene rings is 2. The first-order valence-electron chi connectivity index (χ1n) is 12.1. The molecule has 0 bridgehead atoms. The molecule has 0 spiro atoms. The van der Waals surface area contributed by atoms with Crippen LogP contribution in [-0.4, -0.2) is 83.8 Å². The van der Waals surface area contributed by atoms with E-state index < -0.39 is 0 Å². The van der Waals surface area contributed by atoms with Gasteiger partial charge in [0.15, 0.2) is 0 Å². The number of hydrogen-bond acceptors (Lipinski definition) is 6. The van der Waals surface area contributed by atoms with Crippen molar-refractivity contribution >= 4 is 11.4 Å². The third-order valence-electron chi connectivity index (χ3n) is 8.11. The maximum atomic E-state index is 2.76. The van der Waals surface area contributed by atoms with Crippen molar-refractivity contribution in [2.45, 2.75) is 52.1 Å². The maximum Gasteiger partial charge on any atom is 0.0953 e. The smallest absolute Gasteiger partial charge is 0.0953 e. The van der Waals surface area contributed by atoms with Gasteiger partial charge in [0.2, 0.25) is 0 Å². The van der Waals surface area contributed by atoms with Crippen LogP contribution < -0.4 is 9.80 Å². The standard InChI is InChI=1S/C26H36N6/c1-19-9-5-7-11-23(19)29-15-27-13-22(4)32-18-30(24-12-8-6-10-20(24)2)16-28-14-21(3)31(17-29)25(27)26(28)32/h5-12,21-22,25-26H,13-18H2,1-4H3. The fraction of sp³-hybridized carbons (Fsp3) is 0.538. The first kappa shape index (κ1) is 20.5. The number of hydrogen-bond donors (Lipinski definition) is 0. The zero-order valence-corrected chi connectivity index (χ0v) is 19.9. The van der Waals surface area contributed by atoms with E-state index in [1.807, 2.05) is 0 Å². The molecule has 6 heteroatoms. The van der Waals surface area contributed by atoms with Crippen LogP contribution in [0.25, 0.3) is 0 Å². The normalized spacial score (nSPS) is 31.6. The number of anilines is 2. The first-order valence-corrected chi connectivity index (χ1v) is 12.1. The molecule has 6 nitrogen and oxygen atoms in total. The van der Waals surface area contributed by atoms with E-state index in [1.165, 1.54) is 22.5 Å². The lowest BCUT2D eigenvalue weighted by Crippen LogP contribution is -2.84. The van der Waals surface area contributed by atoms with Crippen molar-refractivity contribution in [1.29, 1.82) is 0 Å². The van der Waals surface area contributed by atoms with Crippen LogP contribution in [0.4, 0.5) is 11.4 Å². The van der Waals surface area contributed by atoms with Crippen LogP contribution in [0.5, 0.6) is 0 Å². The van der Waals surface area contributed by atoms with E-state index in [1.54, 1.807) is 0 Å². The van der Waals surface area contributed by atoms with Crippen LogP contribution in [0.15, 0.2) is 48.5 Å². The molecule has 4 unspecified atom stereocenters. The van der Waals surface area contributed by atoms with Crippen molar-refractivity contribution in [3.63, 3.8) is 0 Å². The largest absolute Gasteiger partial charge is 0.345 e. The average Bonchev–Trinajstić information content (AvgIpc) is 2.78. The third kappa shape index (κ3) is 3.16. The van der Waals surface area contributed by atoms with E-state index in [4.69, 9.17) is 0 Å². The Kier molecular flexibility index (Phi) is 4.95. The molecule has 32 heavy (non-hydrogen) atoms. The van der Waals surface area contributed by atoms with Gasteiger partial charge in [0.25, 0.3) is 0 Å². The molecule has 4 aliphatic rings. The molecule has 2 aromatic rings. The summed E-state index contributed by atoms with van der Waals surface area (Å²) in [5.74, 6) is 0. The van der Waals surface area contributed by atoms with Gasteiger partial charge < -0.3 is 9.80 Å².